The van der Waals surface area contributed by atoms with Crippen molar-refractivity contribution in [1.29, 1.82) is 0 Å². The van der Waals surface area contributed by atoms with Crippen LogP contribution in [0.15, 0.2) is 27.9 Å². The van der Waals surface area contributed by atoms with E-state index in [9.17, 15) is 24.9 Å². The number of nitrogens with zero attached hydrogens (tertiary/aromatic N) is 1. The minimum absolute atomic E-state index is 0.0997. The summed E-state index contributed by atoms with van der Waals surface area (Å²) in [6.07, 6.45) is 3.29. The van der Waals surface area contributed by atoms with Gasteiger partial charge in [0.2, 0.25) is 5.89 Å². The number of fused-ring (bicyclic) bond motifs is 1. The minimum atomic E-state index is -1.27. The number of aromatic nitrogens is 1. The van der Waals surface area contributed by atoms with Gasteiger partial charge in [-0.25, -0.2) is 4.98 Å². The maximum Gasteiger partial charge on any atom is 0.309 e. The van der Waals surface area contributed by atoms with Gasteiger partial charge in [0.1, 0.15) is 30.5 Å². The Kier molecular flexibility index (Phi) is 8.93. The van der Waals surface area contributed by atoms with Crippen LogP contribution in [0.3, 0.4) is 0 Å². The van der Waals surface area contributed by atoms with Gasteiger partial charge in [-0.15, -0.1) is 0 Å². The summed E-state index contributed by atoms with van der Waals surface area (Å²) in [6, 6.07) is 0.298. The van der Waals surface area contributed by atoms with Crippen LogP contribution in [0.4, 0.5) is 0 Å². The summed E-state index contributed by atoms with van der Waals surface area (Å²) < 4.78 is 10.9. The molecule has 0 saturated carbocycles. The molecule has 0 radical (unpaired) electrons. The van der Waals surface area contributed by atoms with Crippen LogP contribution in [0.5, 0.6) is 0 Å². The predicted molar refractivity (Wildman–Crippen MR) is 133 cm³/mol. The van der Waals surface area contributed by atoms with Crippen molar-refractivity contribution in [2.45, 2.75) is 97.8 Å². The number of aliphatic hydroxyl groups excluding tert-OH is 3. The molecular formula is C27H40N2O7. The predicted octanol–water partition coefficient (Wildman–Crippen LogP) is 2.54. The molecule has 3 heterocycles. The fraction of sp³-hybridized carbons (Fsp3) is 0.667. The topological polar surface area (TPSA) is 152 Å². The van der Waals surface area contributed by atoms with Crippen LogP contribution in [-0.2, 0) is 20.9 Å². The van der Waals surface area contributed by atoms with Crippen molar-refractivity contribution in [2.75, 3.05) is 0 Å². The van der Waals surface area contributed by atoms with E-state index >= 15 is 0 Å². The molecule has 7 atom stereocenters. The normalized spacial score (nSPS) is 36.0. The summed E-state index contributed by atoms with van der Waals surface area (Å²) in [5.74, 6) is -1.56. The molecule has 0 bridgehead atoms. The number of oxazole rings is 1. The van der Waals surface area contributed by atoms with Crippen molar-refractivity contribution in [3.05, 3.63) is 35.1 Å². The first kappa shape index (κ1) is 28.2. The molecule has 2 unspecified atom stereocenters. The van der Waals surface area contributed by atoms with E-state index in [2.05, 4.69) is 10.3 Å². The number of nitrogens with one attached hydrogen (secondary N) is 1. The Bertz CT molecular complexity index is 1010. The Hall–Kier alpha value is -2.33. The Morgan fingerprint density at radius 1 is 1.25 bits per heavy atom. The van der Waals surface area contributed by atoms with Crippen molar-refractivity contribution < 1.29 is 34.1 Å². The van der Waals surface area contributed by atoms with E-state index in [4.69, 9.17) is 9.15 Å². The zero-order chi connectivity index (χ0) is 26.8. The van der Waals surface area contributed by atoms with E-state index in [1.807, 2.05) is 26.8 Å². The number of cyclic esters (lactones) is 1. The number of ether oxygens (including phenoxy) is 1. The molecule has 1 aromatic rings. The lowest BCUT2D eigenvalue weighted by atomic mass is 9.73. The van der Waals surface area contributed by atoms with Crippen LogP contribution in [0.2, 0.25) is 0 Å². The molecule has 0 spiro atoms. The van der Waals surface area contributed by atoms with Gasteiger partial charge in [-0.05, 0) is 37.8 Å². The minimum Gasteiger partial charge on any atom is -0.457 e. The van der Waals surface area contributed by atoms with Crippen LogP contribution in [0.1, 0.15) is 72.4 Å². The summed E-state index contributed by atoms with van der Waals surface area (Å²) in [5, 5.41) is 34.4. The number of carbonyl (C=O) groups is 2. The van der Waals surface area contributed by atoms with Crippen molar-refractivity contribution in [1.82, 2.24) is 10.3 Å². The molecule has 36 heavy (non-hydrogen) atoms. The van der Waals surface area contributed by atoms with Crippen LogP contribution < -0.4 is 5.32 Å². The number of hydrogen-bond donors (Lipinski definition) is 4. The number of Topliss-reactive ketones (excluding diaryl/α,β-unsaturated/α-hetero) is 1. The fourth-order valence-electron chi connectivity index (χ4n) is 4.95. The second-order valence-corrected chi connectivity index (χ2v) is 10.9. The first-order valence-corrected chi connectivity index (χ1v) is 12.6. The van der Waals surface area contributed by atoms with Gasteiger partial charge in [0.25, 0.3) is 0 Å². The standard InChI is InChI=1S/C27H40N2O7/c1-14-7-8-20(15(2)10-18-13-35-22(12-30)28-18)36-23(32)11-21(31)27(5,6)26(34)17(4)25(33)16(3)24-19(9-14)29-24/h7,10,13,16-17,19-21,24-25,29-31,33H,8-9,11-12H2,1-6H3/b14-7-,15-10?/t16-,17+,19?,20+,21-,24?,25-/m0/s1. The Morgan fingerprint density at radius 2 is 1.94 bits per heavy atom. The SMILES string of the molecule is CC(=Cc1coc(CO)n1)[C@H]1C/C=C(/C)CC2NC2[C@H](C)[C@H](O)[C@@H](C)C(=O)C(C)(C)[C@@H](O)CC(=O)O1. The molecule has 3 rings (SSSR count). The molecule has 4 N–H and O–H groups in total. The molecule has 0 amide bonds. The highest BCUT2D eigenvalue weighted by atomic mass is 16.5. The van der Waals surface area contributed by atoms with E-state index in [1.54, 1.807) is 26.8 Å². The van der Waals surface area contributed by atoms with E-state index in [-0.39, 0.29) is 42.7 Å². The first-order chi connectivity index (χ1) is 16.8. The van der Waals surface area contributed by atoms with Crippen molar-refractivity contribution in [3.8, 4) is 0 Å². The number of rotatable bonds is 3. The van der Waals surface area contributed by atoms with Crippen LogP contribution in [0, 0.1) is 17.3 Å². The number of ketones is 1. The second kappa shape index (κ2) is 11.4. The molecule has 1 fully saturated rings. The van der Waals surface area contributed by atoms with Crippen LogP contribution in [0.25, 0.3) is 6.08 Å². The van der Waals surface area contributed by atoms with Gasteiger partial charge in [0, 0.05) is 24.4 Å². The molecule has 2 aliphatic heterocycles. The van der Waals surface area contributed by atoms with Crippen LogP contribution >= 0.6 is 0 Å². The maximum absolute atomic E-state index is 13.3. The molecule has 2 aliphatic rings. The average Bonchev–Trinajstić information content (AvgIpc) is 3.44. The molecule has 200 valence electrons. The van der Waals surface area contributed by atoms with Gasteiger partial charge in [0.15, 0.2) is 0 Å². The fourth-order valence-corrected chi connectivity index (χ4v) is 4.95. The molecule has 0 aliphatic carbocycles. The highest BCUT2D eigenvalue weighted by Gasteiger charge is 2.47. The highest BCUT2D eigenvalue weighted by Crippen LogP contribution is 2.35. The summed E-state index contributed by atoms with van der Waals surface area (Å²) in [5.41, 5.74) is 1.10. The first-order valence-electron chi connectivity index (χ1n) is 12.6. The lowest BCUT2D eigenvalue weighted by molar-refractivity contribution is -0.154. The number of carbonyl (C=O) groups excluding carboxylic acids is 2. The molecule has 0 aromatic carbocycles. The summed E-state index contributed by atoms with van der Waals surface area (Å²) >= 11 is 0. The van der Waals surface area contributed by atoms with E-state index < -0.39 is 35.6 Å². The average molecular weight is 505 g/mol. The summed E-state index contributed by atoms with van der Waals surface area (Å²) in [4.78, 5) is 30.3. The quantitative estimate of drug-likeness (QED) is 0.276. The van der Waals surface area contributed by atoms with Gasteiger partial charge in [0.05, 0.1) is 24.0 Å². The molecule has 1 aromatic heterocycles. The lowest BCUT2D eigenvalue weighted by Gasteiger charge is -2.34. The third-order valence-corrected chi connectivity index (χ3v) is 7.67. The zero-order valence-corrected chi connectivity index (χ0v) is 22.0. The smallest absolute Gasteiger partial charge is 0.309 e. The van der Waals surface area contributed by atoms with Gasteiger partial charge >= 0.3 is 5.97 Å². The van der Waals surface area contributed by atoms with E-state index in [1.165, 1.54) is 6.26 Å². The van der Waals surface area contributed by atoms with Gasteiger partial charge in [-0.3, -0.25) is 9.59 Å². The maximum atomic E-state index is 13.3. The Labute approximate surface area is 212 Å². The van der Waals surface area contributed by atoms with Gasteiger partial charge in [-0.2, -0.15) is 0 Å². The number of esters is 1. The molecule has 9 nitrogen and oxygen atoms in total. The third-order valence-electron chi connectivity index (χ3n) is 7.67. The Morgan fingerprint density at radius 3 is 2.58 bits per heavy atom. The second-order valence-electron chi connectivity index (χ2n) is 10.9. The van der Waals surface area contributed by atoms with Crippen molar-refractivity contribution >= 4 is 17.8 Å². The largest absolute Gasteiger partial charge is 0.457 e. The van der Waals surface area contributed by atoms with Crippen molar-refractivity contribution in [3.63, 3.8) is 0 Å². The van der Waals surface area contributed by atoms with Crippen LogP contribution in [-0.4, -0.2) is 62.5 Å². The molecule has 9 heteroatoms. The monoisotopic (exact) mass is 504 g/mol. The zero-order valence-electron chi connectivity index (χ0n) is 22.0. The van der Waals surface area contributed by atoms with E-state index in [0.717, 1.165) is 17.6 Å². The number of aliphatic hydroxyl groups is 3. The van der Waals surface area contributed by atoms with Crippen molar-refractivity contribution in [2.24, 2.45) is 17.3 Å². The number of hydrogen-bond acceptors (Lipinski definition) is 9. The molecular weight excluding hydrogens is 464 g/mol. The van der Waals surface area contributed by atoms with Gasteiger partial charge < -0.3 is 29.8 Å². The van der Waals surface area contributed by atoms with Gasteiger partial charge in [-0.1, -0.05) is 39.3 Å². The third kappa shape index (κ3) is 6.51. The Balaban J connectivity index is 1.88. The summed E-state index contributed by atoms with van der Waals surface area (Å²) in [6.45, 7) is 10.3. The van der Waals surface area contributed by atoms with E-state index in [0.29, 0.717) is 12.1 Å². The summed E-state index contributed by atoms with van der Waals surface area (Å²) in [7, 11) is 0. The highest BCUT2D eigenvalue weighted by molar-refractivity contribution is 5.88. The lowest BCUT2D eigenvalue weighted by Crippen LogP contribution is -2.46. The molecule has 1 saturated heterocycles.